The second kappa shape index (κ2) is 11.6. The van der Waals surface area contributed by atoms with E-state index >= 15 is 0 Å². The number of rotatable bonds is 4. The molecule has 13 heteroatoms. The monoisotopic (exact) mass is 533 g/mol. The molecule has 2 aliphatic rings. The standard InChI is InChI=1S/C21H26FN3O3S.C2HF3O2/c22-19-4-1-5-20(13-19)29(26,27)25-9-6-21(7-10-25)16-24(11-12-28-17-21)15-18-3-2-8-23-14-18;3-2(4,5)1(6)7/h1-5,8,13-14H,6-7,9-12,15-17H2;(H,6,7). The summed E-state index contributed by atoms with van der Waals surface area (Å²) in [7, 11) is -3.68. The summed E-state index contributed by atoms with van der Waals surface area (Å²) in [5, 5.41) is 7.12. The lowest BCUT2D eigenvalue weighted by Crippen LogP contribution is -2.48. The minimum Gasteiger partial charge on any atom is -0.475 e. The summed E-state index contributed by atoms with van der Waals surface area (Å²) in [6, 6.07) is 9.24. The number of ether oxygens (including phenoxy) is 1. The first-order valence-corrected chi connectivity index (χ1v) is 12.6. The van der Waals surface area contributed by atoms with Gasteiger partial charge < -0.3 is 9.84 Å². The maximum Gasteiger partial charge on any atom is 0.490 e. The Balaban J connectivity index is 0.000000454. The van der Waals surface area contributed by atoms with E-state index in [-0.39, 0.29) is 10.3 Å². The fourth-order valence-corrected chi connectivity index (χ4v) is 5.72. The molecule has 0 radical (unpaired) electrons. The number of pyridine rings is 1. The van der Waals surface area contributed by atoms with Crippen LogP contribution < -0.4 is 0 Å². The highest BCUT2D eigenvalue weighted by Gasteiger charge is 2.41. The van der Waals surface area contributed by atoms with E-state index in [1.54, 1.807) is 6.20 Å². The molecule has 2 aliphatic heterocycles. The smallest absolute Gasteiger partial charge is 0.475 e. The molecule has 1 aromatic heterocycles. The highest BCUT2D eigenvalue weighted by Crippen LogP contribution is 2.36. The molecule has 36 heavy (non-hydrogen) atoms. The largest absolute Gasteiger partial charge is 0.490 e. The molecule has 0 unspecified atom stereocenters. The second-order valence-corrected chi connectivity index (χ2v) is 10.7. The Bertz CT molecular complexity index is 1120. The normalized spacial score (nSPS) is 19.2. The van der Waals surface area contributed by atoms with Gasteiger partial charge in [-0.15, -0.1) is 0 Å². The van der Waals surface area contributed by atoms with Crippen LogP contribution in [0.15, 0.2) is 53.7 Å². The number of carbonyl (C=O) groups is 1. The lowest BCUT2D eigenvalue weighted by atomic mass is 9.79. The Labute approximate surface area is 206 Å². The number of sulfonamides is 1. The quantitative estimate of drug-likeness (QED) is 0.603. The molecule has 0 bridgehead atoms. The third kappa shape index (κ3) is 7.45. The average Bonchev–Trinajstić information content (AvgIpc) is 3.01. The zero-order chi connectivity index (χ0) is 26.4. The van der Waals surface area contributed by atoms with Crippen molar-refractivity contribution < 1.29 is 40.6 Å². The van der Waals surface area contributed by atoms with Gasteiger partial charge in [0.25, 0.3) is 0 Å². The second-order valence-electron chi connectivity index (χ2n) is 8.79. The number of carboxylic acid groups (broad SMARTS) is 1. The number of nitrogens with zero attached hydrogens (tertiary/aromatic N) is 3. The van der Waals surface area contributed by atoms with Crippen molar-refractivity contribution in [1.29, 1.82) is 0 Å². The van der Waals surface area contributed by atoms with Crippen molar-refractivity contribution in [2.75, 3.05) is 39.4 Å². The number of carboxylic acids is 1. The molecule has 2 saturated heterocycles. The average molecular weight is 534 g/mol. The number of halogens is 4. The number of piperidine rings is 1. The highest BCUT2D eigenvalue weighted by atomic mass is 32.2. The number of hydrogen-bond donors (Lipinski definition) is 1. The van der Waals surface area contributed by atoms with Crippen LogP contribution in [-0.4, -0.2) is 79.3 Å². The van der Waals surface area contributed by atoms with Gasteiger partial charge in [0.05, 0.1) is 18.1 Å². The molecule has 198 valence electrons. The van der Waals surface area contributed by atoms with Crippen molar-refractivity contribution in [3.63, 3.8) is 0 Å². The van der Waals surface area contributed by atoms with Crippen molar-refractivity contribution in [3.8, 4) is 0 Å². The van der Waals surface area contributed by atoms with Gasteiger partial charge in [-0.05, 0) is 42.7 Å². The minimum atomic E-state index is -5.08. The van der Waals surface area contributed by atoms with Crippen LogP contribution in [-0.2, 0) is 26.1 Å². The van der Waals surface area contributed by atoms with E-state index in [2.05, 4.69) is 16.0 Å². The van der Waals surface area contributed by atoms with Crippen LogP contribution in [0.4, 0.5) is 17.6 Å². The summed E-state index contributed by atoms with van der Waals surface area (Å²) < 4.78 is 78.4. The fraction of sp³-hybridized carbons (Fsp3) is 0.478. The summed E-state index contributed by atoms with van der Waals surface area (Å²) in [5.41, 5.74) is 1.10. The molecule has 0 aliphatic carbocycles. The van der Waals surface area contributed by atoms with Crippen LogP contribution in [0.2, 0.25) is 0 Å². The van der Waals surface area contributed by atoms with Gasteiger partial charge in [0.1, 0.15) is 5.82 Å². The van der Waals surface area contributed by atoms with E-state index in [1.165, 1.54) is 22.5 Å². The summed E-state index contributed by atoms with van der Waals surface area (Å²) in [6.45, 7) is 4.69. The fourth-order valence-electron chi connectivity index (χ4n) is 4.25. The van der Waals surface area contributed by atoms with Crippen LogP contribution in [0.1, 0.15) is 18.4 Å². The van der Waals surface area contributed by atoms with Gasteiger partial charge >= 0.3 is 12.1 Å². The first kappa shape index (κ1) is 28.0. The van der Waals surface area contributed by atoms with Crippen LogP contribution in [0.5, 0.6) is 0 Å². The minimum absolute atomic E-state index is 0.0174. The maximum absolute atomic E-state index is 13.5. The van der Waals surface area contributed by atoms with E-state index in [0.717, 1.165) is 44.1 Å². The molecule has 0 atom stereocenters. The molecule has 4 rings (SSSR count). The van der Waals surface area contributed by atoms with Gasteiger partial charge in [-0.2, -0.15) is 17.5 Å². The van der Waals surface area contributed by atoms with Crippen molar-refractivity contribution in [2.24, 2.45) is 5.41 Å². The van der Waals surface area contributed by atoms with Gasteiger partial charge in [-0.25, -0.2) is 17.6 Å². The molecule has 0 amide bonds. The van der Waals surface area contributed by atoms with Crippen molar-refractivity contribution >= 4 is 16.0 Å². The number of alkyl halides is 3. The van der Waals surface area contributed by atoms with Gasteiger partial charge in [-0.1, -0.05) is 12.1 Å². The lowest BCUT2D eigenvalue weighted by Gasteiger charge is -2.42. The first-order chi connectivity index (χ1) is 16.9. The van der Waals surface area contributed by atoms with Crippen LogP contribution in [0, 0.1) is 11.2 Å². The van der Waals surface area contributed by atoms with Crippen LogP contribution in [0.25, 0.3) is 0 Å². The topological polar surface area (TPSA) is 100 Å². The lowest BCUT2D eigenvalue weighted by molar-refractivity contribution is -0.192. The van der Waals surface area contributed by atoms with Crippen LogP contribution >= 0.6 is 0 Å². The zero-order valence-corrected chi connectivity index (χ0v) is 20.1. The summed E-state index contributed by atoms with van der Waals surface area (Å²) in [6.07, 6.45) is 0.0219. The van der Waals surface area contributed by atoms with Crippen molar-refractivity contribution in [2.45, 2.75) is 30.5 Å². The summed E-state index contributed by atoms with van der Waals surface area (Å²) in [4.78, 5) is 15.5. The number of hydrogen-bond acceptors (Lipinski definition) is 6. The van der Waals surface area contributed by atoms with E-state index in [1.807, 2.05) is 12.3 Å². The molecular weight excluding hydrogens is 506 g/mol. The molecular formula is C23H27F4N3O5S. The third-order valence-electron chi connectivity index (χ3n) is 6.11. The molecule has 1 aromatic carbocycles. The van der Waals surface area contributed by atoms with Gasteiger partial charge in [0, 0.05) is 50.5 Å². The van der Waals surface area contributed by atoms with E-state index in [4.69, 9.17) is 14.6 Å². The SMILES string of the molecule is O=C(O)C(F)(F)F.O=S(=O)(c1cccc(F)c1)N1CCC2(CC1)COCCN(Cc1cccnc1)C2. The predicted molar refractivity (Wildman–Crippen MR) is 121 cm³/mol. The Morgan fingerprint density at radius 2 is 1.83 bits per heavy atom. The Hall–Kier alpha value is -2.61. The van der Waals surface area contributed by atoms with Gasteiger partial charge in [-0.3, -0.25) is 9.88 Å². The van der Waals surface area contributed by atoms with Gasteiger partial charge in [0.15, 0.2) is 0 Å². The van der Waals surface area contributed by atoms with Crippen molar-refractivity contribution in [1.82, 2.24) is 14.2 Å². The summed E-state index contributed by atoms with van der Waals surface area (Å²) >= 11 is 0. The zero-order valence-electron chi connectivity index (χ0n) is 19.3. The van der Waals surface area contributed by atoms with Crippen LogP contribution in [0.3, 0.4) is 0 Å². The molecule has 0 saturated carbocycles. The van der Waals surface area contributed by atoms with E-state index in [9.17, 15) is 26.0 Å². The Morgan fingerprint density at radius 1 is 1.14 bits per heavy atom. The summed E-state index contributed by atoms with van der Waals surface area (Å²) in [5.74, 6) is -3.30. The predicted octanol–water partition coefficient (Wildman–Crippen LogP) is 3.16. The molecule has 1 N–H and O–H groups in total. The maximum atomic E-state index is 13.5. The molecule has 2 aromatic rings. The Morgan fingerprint density at radius 3 is 2.42 bits per heavy atom. The van der Waals surface area contributed by atoms with E-state index < -0.39 is 28.0 Å². The first-order valence-electron chi connectivity index (χ1n) is 11.2. The highest BCUT2D eigenvalue weighted by molar-refractivity contribution is 7.89. The number of aliphatic carboxylic acids is 1. The number of benzene rings is 1. The Kier molecular flexibility index (Phi) is 9.03. The molecule has 3 heterocycles. The molecule has 8 nitrogen and oxygen atoms in total. The van der Waals surface area contributed by atoms with E-state index in [0.29, 0.717) is 26.3 Å². The number of aromatic nitrogens is 1. The van der Waals surface area contributed by atoms with Gasteiger partial charge in [0.2, 0.25) is 10.0 Å². The third-order valence-corrected chi connectivity index (χ3v) is 8.00. The van der Waals surface area contributed by atoms with Crippen molar-refractivity contribution in [3.05, 3.63) is 60.2 Å². The molecule has 2 fully saturated rings. The molecule has 1 spiro atoms.